The second kappa shape index (κ2) is 3.97. The van der Waals surface area contributed by atoms with E-state index < -0.39 is 5.97 Å². The summed E-state index contributed by atoms with van der Waals surface area (Å²) in [6.07, 6.45) is 2.10. The molecule has 0 aliphatic heterocycles. The van der Waals surface area contributed by atoms with E-state index in [1.54, 1.807) is 7.05 Å². The number of hydrogen-bond acceptors (Lipinski definition) is 4. The minimum absolute atomic E-state index is 0.0779. The van der Waals surface area contributed by atoms with E-state index in [1.807, 2.05) is 0 Å². The van der Waals surface area contributed by atoms with Gasteiger partial charge in [0, 0.05) is 12.8 Å². The molecule has 1 heterocycles. The molecule has 0 amide bonds. The van der Waals surface area contributed by atoms with Crippen molar-refractivity contribution in [2.75, 3.05) is 5.75 Å². The largest absolute Gasteiger partial charge is 0.481 e. The van der Waals surface area contributed by atoms with Crippen molar-refractivity contribution < 1.29 is 9.90 Å². The van der Waals surface area contributed by atoms with Crippen LogP contribution in [0, 0.1) is 5.41 Å². The molecule has 88 valence electrons. The summed E-state index contributed by atoms with van der Waals surface area (Å²) < 4.78 is 1.43. The fourth-order valence-electron chi connectivity index (χ4n) is 1.55. The maximum atomic E-state index is 11.1. The van der Waals surface area contributed by atoms with Crippen LogP contribution >= 0.6 is 11.8 Å². The Bertz CT molecular complexity index is 461. The zero-order chi connectivity index (χ0) is 11.8. The average molecular weight is 243 g/mol. The Balaban J connectivity index is 1.95. The first kappa shape index (κ1) is 11.3. The van der Waals surface area contributed by atoms with E-state index in [-0.39, 0.29) is 17.5 Å². The maximum Gasteiger partial charge on any atom is 0.343 e. The summed E-state index contributed by atoms with van der Waals surface area (Å²) in [5.41, 5.74) is -0.323. The van der Waals surface area contributed by atoms with Crippen LogP contribution in [-0.2, 0) is 11.8 Å². The van der Waals surface area contributed by atoms with E-state index in [0.29, 0.717) is 10.9 Å². The number of carbonyl (C=O) groups is 1. The lowest BCUT2D eigenvalue weighted by Gasteiger charge is -2.10. The molecular weight excluding hydrogens is 230 g/mol. The highest BCUT2D eigenvalue weighted by atomic mass is 32.2. The van der Waals surface area contributed by atoms with E-state index in [9.17, 15) is 9.59 Å². The third-order valence-corrected chi connectivity index (χ3v) is 4.21. The molecule has 1 aromatic heterocycles. The van der Waals surface area contributed by atoms with Crippen molar-refractivity contribution in [1.82, 2.24) is 14.8 Å². The van der Waals surface area contributed by atoms with Gasteiger partial charge in [0.1, 0.15) is 0 Å². The predicted molar refractivity (Wildman–Crippen MR) is 58.5 cm³/mol. The number of hydrogen-bond donors (Lipinski definition) is 2. The van der Waals surface area contributed by atoms with Gasteiger partial charge in [-0.15, -0.1) is 5.10 Å². The number of carboxylic acids is 1. The molecule has 1 fully saturated rings. The van der Waals surface area contributed by atoms with Gasteiger partial charge in [-0.3, -0.25) is 9.36 Å². The molecule has 2 N–H and O–H groups in total. The number of thioether (sulfide) groups is 1. The molecule has 0 atom stereocenters. The van der Waals surface area contributed by atoms with Crippen molar-refractivity contribution in [3.63, 3.8) is 0 Å². The number of H-pyrrole nitrogens is 1. The Morgan fingerprint density at radius 3 is 2.81 bits per heavy atom. The van der Waals surface area contributed by atoms with Crippen molar-refractivity contribution in [2.24, 2.45) is 12.5 Å². The zero-order valence-electron chi connectivity index (χ0n) is 8.89. The van der Waals surface area contributed by atoms with Gasteiger partial charge in [0.05, 0.1) is 6.42 Å². The minimum atomic E-state index is -0.756. The molecule has 1 aliphatic rings. The summed E-state index contributed by atoms with van der Waals surface area (Å²) in [6, 6.07) is 0. The van der Waals surface area contributed by atoms with Crippen LogP contribution in [0.3, 0.4) is 0 Å². The predicted octanol–water partition coefficient (Wildman–Crippen LogP) is 0.455. The Labute approximate surface area is 96.0 Å². The highest BCUT2D eigenvalue weighted by molar-refractivity contribution is 7.99. The van der Waals surface area contributed by atoms with Gasteiger partial charge in [0.2, 0.25) is 0 Å². The van der Waals surface area contributed by atoms with Crippen molar-refractivity contribution in [1.29, 1.82) is 0 Å². The normalized spacial score (nSPS) is 17.3. The summed E-state index contributed by atoms with van der Waals surface area (Å²) in [7, 11) is 1.64. The number of rotatable bonds is 5. The van der Waals surface area contributed by atoms with Crippen LogP contribution in [0.4, 0.5) is 0 Å². The van der Waals surface area contributed by atoms with Crippen molar-refractivity contribution >= 4 is 17.7 Å². The molecule has 0 unspecified atom stereocenters. The molecule has 1 aromatic rings. The molecule has 0 aromatic carbocycles. The lowest BCUT2D eigenvalue weighted by molar-refractivity contribution is -0.138. The molecular formula is C9H13N3O3S. The number of aromatic nitrogens is 3. The zero-order valence-corrected chi connectivity index (χ0v) is 9.71. The van der Waals surface area contributed by atoms with Gasteiger partial charge in [-0.1, -0.05) is 11.8 Å². The lowest BCUT2D eigenvalue weighted by atomic mass is 10.1. The third kappa shape index (κ3) is 2.29. The van der Waals surface area contributed by atoms with Crippen LogP contribution < -0.4 is 5.69 Å². The Hall–Kier alpha value is -1.24. The number of nitrogens with zero attached hydrogens (tertiary/aromatic N) is 2. The lowest BCUT2D eigenvalue weighted by Crippen LogP contribution is -2.14. The summed E-state index contributed by atoms with van der Waals surface area (Å²) >= 11 is 1.44. The fourth-order valence-corrected chi connectivity index (χ4v) is 2.76. The van der Waals surface area contributed by atoms with E-state index >= 15 is 0 Å². The van der Waals surface area contributed by atoms with Crippen molar-refractivity contribution in [3.8, 4) is 0 Å². The molecule has 0 saturated heterocycles. The first-order chi connectivity index (χ1) is 7.52. The average Bonchev–Trinajstić information content (AvgIpc) is 2.88. The SMILES string of the molecule is Cn1c(SCC2(CC(=O)O)CC2)n[nH]c1=O. The van der Waals surface area contributed by atoms with Gasteiger partial charge in [-0.2, -0.15) is 0 Å². The Morgan fingerprint density at radius 2 is 2.38 bits per heavy atom. The molecule has 2 rings (SSSR count). The number of aliphatic carboxylic acids is 1. The third-order valence-electron chi connectivity index (χ3n) is 2.83. The summed E-state index contributed by atoms with van der Waals surface area (Å²) in [4.78, 5) is 21.7. The summed E-state index contributed by atoms with van der Waals surface area (Å²) in [5, 5.41) is 15.6. The number of carboxylic acid groups (broad SMARTS) is 1. The molecule has 6 nitrogen and oxygen atoms in total. The fraction of sp³-hybridized carbons (Fsp3) is 0.667. The first-order valence-electron chi connectivity index (χ1n) is 4.98. The molecule has 7 heteroatoms. The molecule has 1 saturated carbocycles. The number of nitrogens with one attached hydrogen (secondary N) is 1. The maximum absolute atomic E-state index is 11.1. The topological polar surface area (TPSA) is 88.0 Å². The van der Waals surface area contributed by atoms with Crippen LogP contribution in [0.15, 0.2) is 9.95 Å². The monoisotopic (exact) mass is 243 g/mol. The second-order valence-corrected chi connectivity index (χ2v) is 5.17. The van der Waals surface area contributed by atoms with Crippen LogP contribution in [0.5, 0.6) is 0 Å². The first-order valence-corrected chi connectivity index (χ1v) is 5.97. The van der Waals surface area contributed by atoms with Crippen LogP contribution in [0.2, 0.25) is 0 Å². The van der Waals surface area contributed by atoms with Crippen LogP contribution in [-0.4, -0.2) is 31.6 Å². The molecule has 0 bridgehead atoms. The van der Waals surface area contributed by atoms with E-state index in [1.165, 1.54) is 16.3 Å². The molecule has 1 aliphatic carbocycles. The summed E-state index contributed by atoms with van der Waals surface area (Å²) in [5.74, 6) is -0.0498. The smallest absolute Gasteiger partial charge is 0.343 e. The highest BCUT2D eigenvalue weighted by Crippen LogP contribution is 2.51. The summed E-state index contributed by atoms with van der Waals surface area (Å²) in [6.45, 7) is 0. The quantitative estimate of drug-likeness (QED) is 0.733. The van der Waals surface area contributed by atoms with Crippen LogP contribution in [0.25, 0.3) is 0 Å². The van der Waals surface area contributed by atoms with E-state index in [2.05, 4.69) is 10.2 Å². The highest BCUT2D eigenvalue weighted by Gasteiger charge is 2.44. The van der Waals surface area contributed by atoms with Crippen molar-refractivity contribution in [3.05, 3.63) is 10.5 Å². The Morgan fingerprint density at radius 1 is 1.69 bits per heavy atom. The second-order valence-electron chi connectivity index (χ2n) is 4.23. The standard InChI is InChI=1S/C9H13N3O3S/c1-12-7(15)10-11-8(12)16-5-9(2-3-9)4-6(13)14/h2-5H2,1H3,(H,10,15)(H,13,14). The van der Waals surface area contributed by atoms with Crippen LogP contribution in [0.1, 0.15) is 19.3 Å². The van der Waals surface area contributed by atoms with Gasteiger partial charge in [-0.25, -0.2) is 9.89 Å². The van der Waals surface area contributed by atoms with Gasteiger partial charge in [0.25, 0.3) is 0 Å². The van der Waals surface area contributed by atoms with Gasteiger partial charge < -0.3 is 5.11 Å². The van der Waals surface area contributed by atoms with Gasteiger partial charge >= 0.3 is 11.7 Å². The van der Waals surface area contributed by atoms with Gasteiger partial charge in [0.15, 0.2) is 5.16 Å². The minimum Gasteiger partial charge on any atom is -0.481 e. The molecule has 0 radical (unpaired) electrons. The van der Waals surface area contributed by atoms with Gasteiger partial charge in [-0.05, 0) is 18.3 Å². The van der Waals surface area contributed by atoms with Crippen molar-refractivity contribution in [2.45, 2.75) is 24.4 Å². The molecule has 16 heavy (non-hydrogen) atoms. The van der Waals surface area contributed by atoms with E-state index in [4.69, 9.17) is 5.11 Å². The molecule has 0 spiro atoms. The Kier molecular flexibility index (Phi) is 2.79. The number of aromatic amines is 1. The van der Waals surface area contributed by atoms with E-state index in [0.717, 1.165) is 12.8 Å².